The summed E-state index contributed by atoms with van der Waals surface area (Å²) in [5, 5.41) is 9.02. The summed E-state index contributed by atoms with van der Waals surface area (Å²) in [6.07, 6.45) is 1.85. The van der Waals surface area contributed by atoms with Gasteiger partial charge in [-0.1, -0.05) is 39.8 Å². The Kier molecular flexibility index (Phi) is 5.18. The minimum atomic E-state index is -0.912. The van der Waals surface area contributed by atoms with E-state index in [1.165, 1.54) is 0 Å². The van der Waals surface area contributed by atoms with Crippen molar-refractivity contribution in [1.82, 2.24) is 9.97 Å². The van der Waals surface area contributed by atoms with Crippen LogP contribution in [0.4, 0.5) is 0 Å². The number of thiophene rings is 1. The third-order valence-electron chi connectivity index (χ3n) is 4.20. The van der Waals surface area contributed by atoms with Crippen molar-refractivity contribution in [3.63, 3.8) is 0 Å². The van der Waals surface area contributed by atoms with Gasteiger partial charge >= 0.3 is 5.97 Å². The van der Waals surface area contributed by atoms with Gasteiger partial charge in [0.15, 0.2) is 0 Å². The molecule has 0 spiro atoms. The van der Waals surface area contributed by atoms with Crippen molar-refractivity contribution in [1.29, 1.82) is 0 Å². The van der Waals surface area contributed by atoms with E-state index in [0.29, 0.717) is 17.4 Å². The molecule has 0 bridgehead atoms. The molecule has 1 N–H and O–H groups in total. The van der Waals surface area contributed by atoms with Crippen LogP contribution in [0.25, 0.3) is 21.0 Å². The van der Waals surface area contributed by atoms with Crippen LogP contribution in [-0.4, -0.2) is 21.0 Å². The molecule has 0 amide bonds. The van der Waals surface area contributed by atoms with Crippen molar-refractivity contribution >= 4 is 17.3 Å². The minimum Gasteiger partial charge on any atom is -0.478 e. The lowest BCUT2D eigenvalue weighted by atomic mass is 10.0. The van der Waals surface area contributed by atoms with Gasteiger partial charge in [0.1, 0.15) is 0 Å². The van der Waals surface area contributed by atoms with Gasteiger partial charge in [-0.2, -0.15) is 0 Å². The molecule has 0 fully saturated rings. The van der Waals surface area contributed by atoms with Crippen LogP contribution in [0, 0.1) is 0 Å². The fourth-order valence-corrected chi connectivity index (χ4v) is 3.77. The molecule has 4 nitrogen and oxygen atoms in total. The molecule has 0 unspecified atom stereocenters. The van der Waals surface area contributed by atoms with Gasteiger partial charge in [0.2, 0.25) is 0 Å². The first-order valence-corrected chi connectivity index (χ1v) is 9.49. The molecule has 2 heterocycles. The number of carboxylic acids is 1. The topological polar surface area (TPSA) is 63.1 Å². The van der Waals surface area contributed by atoms with Gasteiger partial charge in [0, 0.05) is 4.88 Å². The third-order valence-corrected chi connectivity index (χ3v) is 5.35. The van der Waals surface area contributed by atoms with Crippen molar-refractivity contribution in [3.8, 4) is 21.0 Å². The Morgan fingerprint density at radius 3 is 2.12 bits per heavy atom. The Morgan fingerprint density at radius 2 is 1.54 bits per heavy atom. The highest BCUT2D eigenvalue weighted by Crippen LogP contribution is 2.35. The molecule has 0 saturated carbocycles. The van der Waals surface area contributed by atoms with E-state index in [4.69, 9.17) is 10.1 Å². The number of hydrogen-bond donors (Lipinski definition) is 1. The molecule has 3 aromatic rings. The second-order valence-corrected chi connectivity index (χ2v) is 7.97. The van der Waals surface area contributed by atoms with Crippen LogP contribution in [0.3, 0.4) is 0 Å². The number of benzene rings is 1. The van der Waals surface area contributed by atoms with Gasteiger partial charge in [-0.25, -0.2) is 9.78 Å². The van der Waals surface area contributed by atoms with E-state index in [2.05, 4.69) is 32.7 Å². The normalized spacial score (nSPS) is 11.3. The molecular formula is C21H22N2O2S. The number of rotatable bonds is 5. The lowest BCUT2D eigenvalue weighted by Gasteiger charge is -2.14. The third kappa shape index (κ3) is 3.68. The number of carbonyl (C=O) groups is 1. The zero-order chi connectivity index (χ0) is 18.8. The lowest BCUT2D eigenvalue weighted by molar-refractivity contribution is 0.0697. The molecule has 0 saturated heterocycles. The molecule has 0 aliphatic heterocycles. The Hall–Kier alpha value is -2.53. The SMILES string of the molecule is CC(C)c1ncc(-c2ccc(-c3ccc(C(=O)O)cc3)s2)nc1C(C)C. The van der Waals surface area contributed by atoms with E-state index in [1.807, 2.05) is 30.5 Å². The van der Waals surface area contributed by atoms with Crippen LogP contribution >= 0.6 is 11.3 Å². The highest BCUT2D eigenvalue weighted by Gasteiger charge is 2.16. The van der Waals surface area contributed by atoms with Crippen molar-refractivity contribution in [2.24, 2.45) is 0 Å². The van der Waals surface area contributed by atoms with Gasteiger partial charge < -0.3 is 5.11 Å². The zero-order valence-electron chi connectivity index (χ0n) is 15.4. The molecule has 26 heavy (non-hydrogen) atoms. The largest absolute Gasteiger partial charge is 0.478 e. The second kappa shape index (κ2) is 7.38. The van der Waals surface area contributed by atoms with Crippen LogP contribution in [-0.2, 0) is 0 Å². The van der Waals surface area contributed by atoms with Gasteiger partial charge in [0.05, 0.1) is 33.7 Å². The number of carboxylic acid groups (broad SMARTS) is 1. The summed E-state index contributed by atoms with van der Waals surface area (Å²) in [5.74, 6) is -0.242. The number of nitrogens with zero attached hydrogens (tertiary/aromatic N) is 2. The Morgan fingerprint density at radius 1 is 0.923 bits per heavy atom. The molecule has 2 aromatic heterocycles. The minimum absolute atomic E-state index is 0.294. The van der Waals surface area contributed by atoms with Crippen LogP contribution in [0.1, 0.15) is 61.3 Å². The zero-order valence-corrected chi connectivity index (χ0v) is 16.2. The smallest absolute Gasteiger partial charge is 0.335 e. The molecule has 134 valence electrons. The van der Waals surface area contributed by atoms with E-state index in [9.17, 15) is 4.79 Å². The van der Waals surface area contributed by atoms with E-state index < -0.39 is 5.97 Å². The number of aromatic nitrogens is 2. The summed E-state index contributed by atoms with van der Waals surface area (Å²) >= 11 is 1.64. The fraction of sp³-hybridized carbons (Fsp3) is 0.286. The predicted molar refractivity (Wildman–Crippen MR) is 106 cm³/mol. The molecule has 3 rings (SSSR count). The second-order valence-electron chi connectivity index (χ2n) is 6.88. The van der Waals surface area contributed by atoms with Crippen molar-refractivity contribution < 1.29 is 9.90 Å². The first kappa shape index (κ1) is 18.3. The highest BCUT2D eigenvalue weighted by atomic mass is 32.1. The molecule has 1 aromatic carbocycles. The van der Waals surface area contributed by atoms with Crippen molar-refractivity contribution in [3.05, 3.63) is 59.5 Å². The van der Waals surface area contributed by atoms with Gasteiger partial charge in [0.25, 0.3) is 0 Å². The number of aromatic carboxylic acids is 1. The summed E-state index contributed by atoms with van der Waals surface area (Å²) in [6.45, 7) is 8.56. The summed E-state index contributed by atoms with van der Waals surface area (Å²) in [7, 11) is 0. The average Bonchev–Trinajstić information content (AvgIpc) is 3.11. The van der Waals surface area contributed by atoms with Crippen LogP contribution in [0.2, 0.25) is 0 Å². The van der Waals surface area contributed by atoms with E-state index in [1.54, 1.807) is 23.5 Å². The lowest BCUT2D eigenvalue weighted by Crippen LogP contribution is -2.05. The molecular weight excluding hydrogens is 344 g/mol. The maximum Gasteiger partial charge on any atom is 0.335 e. The Bertz CT molecular complexity index is 927. The molecule has 5 heteroatoms. The van der Waals surface area contributed by atoms with Gasteiger partial charge in [-0.3, -0.25) is 4.98 Å². The highest BCUT2D eigenvalue weighted by molar-refractivity contribution is 7.18. The summed E-state index contributed by atoms with van der Waals surface area (Å²) < 4.78 is 0. The Labute approximate surface area is 157 Å². The maximum absolute atomic E-state index is 11.0. The van der Waals surface area contributed by atoms with Crippen molar-refractivity contribution in [2.45, 2.75) is 39.5 Å². The maximum atomic E-state index is 11.0. The predicted octanol–water partition coefficient (Wildman–Crippen LogP) is 5.82. The van der Waals surface area contributed by atoms with Gasteiger partial charge in [-0.05, 0) is 41.7 Å². The quantitative estimate of drug-likeness (QED) is 0.618. The average molecular weight is 366 g/mol. The summed E-state index contributed by atoms with van der Waals surface area (Å²) in [6, 6.07) is 11.0. The van der Waals surface area contributed by atoms with E-state index >= 15 is 0 Å². The molecule has 0 aliphatic carbocycles. The molecule has 0 radical (unpaired) electrons. The van der Waals surface area contributed by atoms with Gasteiger partial charge in [-0.15, -0.1) is 11.3 Å². The standard InChI is InChI=1S/C21H22N2O2S/c1-12(2)19-20(13(3)4)23-16(11-22-19)18-10-9-17(26-18)14-5-7-15(8-6-14)21(24)25/h5-13H,1-4H3,(H,24,25). The van der Waals surface area contributed by atoms with Crippen molar-refractivity contribution in [2.75, 3.05) is 0 Å². The summed E-state index contributed by atoms with van der Waals surface area (Å²) in [5.41, 5.74) is 4.30. The van der Waals surface area contributed by atoms with Crippen LogP contribution < -0.4 is 0 Å². The molecule has 0 aliphatic rings. The molecule has 0 atom stereocenters. The number of hydrogen-bond acceptors (Lipinski definition) is 4. The van der Waals surface area contributed by atoms with Crippen LogP contribution in [0.15, 0.2) is 42.6 Å². The monoisotopic (exact) mass is 366 g/mol. The summed E-state index contributed by atoms with van der Waals surface area (Å²) in [4.78, 5) is 22.7. The van der Waals surface area contributed by atoms with E-state index in [0.717, 1.165) is 32.4 Å². The Balaban J connectivity index is 1.94. The first-order chi connectivity index (χ1) is 12.4. The first-order valence-electron chi connectivity index (χ1n) is 8.67. The van der Waals surface area contributed by atoms with Crippen LogP contribution in [0.5, 0.6) is 0 Å². The fourth-order valence-electron chi connectivity index (χ4n) is 2.81. The van der Waals surface area contributed by atoms with E-state index in [-0.39, 0.29) is 0 Å².